The highest BCUT2D eigenvalue weighted by atomic mass is 32.2. The van der Waals surface area contributed by atoms with Crippen molar-refractivity contribution in [3.63, 3.8) is 0 Å². The first-order chi connectivity index (χ1) is 14.4. The van der Waals surface area contributed by atoms with Crippen LogP contribution in [0.4, 0.5) is 11.4 Å². The molecule has 0 atom stereocenters. The number of amides is 1. The number of ether oxygens (including phenoxy) is 1. The number of phenols is 1. The Morgan fingerprint density at radius 3 is 2.60 bits per heavy atom. The van der Waals surface area contributed by atoms with E-state index in [0.29, 0.717) is 34.5 Å². The van der Waals surface area contributed by atoms with Gasteiger partial charge in [-0.3, -0.25) is 19.8 Å². The third-order valence-corrected chi connectivity index (χ3v) is 5.21. The smallest absolute Gasteiger partial charge is 0.311 e. The van der Waals surface area contributed by atoms with Crippen molar-refractivity contribution in [1.82, 2.24) is 4.90 Å². The van der Waals surface area contributed by atoms with E-state index in [0.717, 1.165) is 12.2 Å². The van der Waals surface area contributed by atoms with Crippen LogP contribution < -0.4 is 4.74 Å². The molecule has 0 bridgehead atoms. The van der Waals surface area contributed by atoms with Gasteiger partial charge in [0, 0.05) is 12.6 Å². The van der Waals surface area contributed by atoms with Crippen molar-refractivity contribution in [3.8, 4) is 11.5 Å². The normalized spacial score (nSPS) is 16.5. The summed E-state index contributed by atoms with van der Waals surface area (Å²) in [5, 5.41) is 21.2. The molecule has 0 aliphatic carbocycles. The topological polar surface area (TPSA) is 105 Å². The van der Waals surface area contributed by atoms with Crippen molar-refractivity contribution >= 4 is 40.3 Å². The van der Waals surface area contributed by atoms with Gasteiger partial charge >= 0.3 is 5.69 Å². The Morgan fingerprint density at radius 1 is 1.23 bits per heavy atom. The second kappa shape index (κ2) is 9.45. The van der Waals surface area contributed by atoms with E-state index >= 15 is 0 Å². The Labute approximate surface area is 178 Å². The maximum atomic E-state index is 12.9. The Balaban J connectivity index is 1.91. The minimum absolute atomic E-state index is 0.206. The number of rotatable bonds is 7. The van der Waals surface area contributed by atoms with E-state index in [2.05, 4.69) is 4.99 Å². The lowest BCUT2D eigenvalue weighted by Crippen LogP contribution is -2.29. The molecule has 0 radical (unpaired) electrons. The van der Waals surface area contributed by atoms with Crippen LogP contribution in [0.5, 0.6) is 11.5 Å². The summed E-state index contributed by atoms with van der Waals surface area (Å²) >= 11 is 1.21. The summed E-state index contributed by atoms with van der Waals surface area (Å²) in [5.41, 5.74) is 0.735. The number of amidine groups is 1. The van der Waals surface area contributed by atoms with Crippen LogP contribution in [-0.2, 0) is 4.79 Å². The highest BCUT2D eigenvalue weighted by Crippen LogP contribution is 2.35. The highest BCUT2D eigenvalue weighted by Gasteiger charge is 2.33. The van der Waals surface area contributed by atoms with E-state index in [4.69, 9.17) is 4.74 Å². The summed E-state index contributed by atoms with van der Waals surface area (Å²) in [6.45, 7) is 4.96. The number of nitro groups is 1. The molecule has 1 saturated heterocycles. The van der Waals surface area contributed by atoms with Crippen molar-refractivity contribution in [2.75, 3.05) is 13.2 Å². The summed E-state index contributed by atoms with van der Waals surface area (Å²) < 4.78 is 5.43. The summed E-state index contributed by atoms with van der Waals surface area (Å²) in [6.07, 6.45) is 2.33. The largest absolute Gasteiger partial charge is 0.502 e. The number of benzene rings is 2. The lowest BCUT2D eigenvalue weighted by molar-refractivity contribution is -0.385. The van der Waals surface area contributed by atoms with Gasteiger partial charge in [-0.2, -0.15) is 0 Å². The fourth-order valence-electron chi connectivity index (χ4n) is 2.83. The molecule has 1 N–H and O–H groups in total. The molecule has 1 heterocycles. The second-order valence-electron chi connectivity index (χ2n) is 6.39. The molecule has 8 nitrogen and oxygen atoms in total. The summed E-state index contributed by atoms with van der Waals surface area (Å²) in [4.78, 5) is 29.9. The van der Waals surface area contributed by atoms with Crippen LogP contribution in [0.3, 0.4) is 0 Å². The molecule has 9 heteroatoms. The van der Waals surface area contributed by atoms with Crippen molar-refractivity contribution in [1.29, 1.82) is 0 Å². The molecule has 1 aliphatic heterocycles. The molecule has 1 amide bonds. The van der Waals surface area contributed by atoms with Crippen LogP contribution in [0.2, 0.25) is 0 Å². The lowest BCUT2D eigenvalue weighted by Gasteiger charge is -2.14. The number of carbonyl (C=O) groups excluding carboxylic acids is 1. The lowest BCUT2D eigenvalue weighted by atomic mass is 10.1. The molecule has 0 saturated carbocycles. The van der Waals surface area contributed by atoms with Crippen LogP contribution >= 0.6 is 11.8 Å². The van der Waals surface area contributed by atoms with Gasteiger partial charge in [0.05, 0.1) is 22.1 Å². The van der Waals surface area contributed by atoms with Gasteiger partial charge in [0.25, 0.3) is 5.91 Å². The van der Waals surface area contributed by atoms with Crippen molar-refractivity contribution in [3.05, 3.63) is 63.0 Å². The molecule has 3 rings (SSSR count). The third-order valence-electron chi connectivity index (χ3n) is 4.20. The van der Waals surface area contributed by atoms with Crippen LogP contribution in [0, 0.1) is 10.1 Å². The van der Waals surface area contributed by atoms with E-state index in [1.807, 2.05) is 38.1 Å². The molecule has 2 aromatic carbocycles. The Bertz CT molecular complexity index is 1020. The Morgan fingerprint density at radius 2 is 1.97 bits per heavy atom. The SMILES string of the molecule is CCCN1C(=O)/C(=C\c2ccc(O)c([N+](=O)[O-])c2)SC1=Nc1ccc(OCC)cc1. The van der Waals surface area contributed by atoms with Gasteiger partial charge in [0.1, 0.15) is 5.75 Å². The summed E-state index contributed by atoms with van der Waals surface area (Å²) in [6, 6.07) is 11.3. The number of aliphatic imine (C=N–C) groups is 1. The number of thioether (sulfide) groups is 1. The predicted molar refractivity (Wildman–Crippen MR) is 117 cm³/mol. The molecule has 1 aliphatic rings. The monoisotopic (exact) mass is 427 g/mol. The molecule has 156 valence electrons. The van der Waals surface area contributed by atoms with Crippen LogP contribution in [0.1, 0.15) is 25.8 Å². The number of hydrogen-bond donors (Lipinski definition) is 1. The molecular weight excluding hydrogens is 406 g/mol. The number of hydrogen-bond acceptors (Lipinski definition) is 7. The number of carbonyl (C=O) groups is 1. The van der Waals surface area contributed by atoms with E-state index in [-0.39, 0.29) is 5.91 Å². The maximum absolute atomic E-state index is 12.9. The molecule has 1 fully saturated rings. The standard InChI is InChI=1S/C21H21N3O5S/c1-3-11-23-20(26)19(13-14-5-10-18(25)17(12-14)24(27)28)30-21(23)22-15-6-8-16(9-7-15)29-4-2/h5-10,12-13,25H,3-4,11H2,1-2H3/b19-13+,22-21?. The fraction of sp³-hybridized carbons (Fsp3) is 0.238. The number of aromatic hydroxyl groups is 1. The van der Waals surface area contributed by atoms with Crippen LogP contribution in [0.25, 0.3) is 6.08 Å². The number of nitro benzene ring substituents is 1. The minimum atomic E-state index is -0.664. The molecule has 0 unspecified atom stereocenters. The van der Waals surface area contributed by atoms with Crippen molar-refractivity contribution in [2.45, 2.75) is 20.3 Å². The van der Waals surface area contributed by atoms with E-state index in [1.165, 1.54) is 30.0 Å². The Hall–Kier alpha value is -3.33. The van der Waals surface area contributed by atoms with Gasteiger partial charge in [-0.25, -0.2) is 4.99 Å². The Kier molecular flexibility index (Phi) is 6.73. The third kappa shape index (κ3) is 4.80. The average molecular weight is 427 g/mol. The maximum Gasteiger partial charge on any atom is 0.311 e. The van der Waals surface area contributed by atoms with E-state index in [1.54, 1.807) is 11.0 Å². The first-order valence-electron chi connectivity index (χ1n) is 9.43. The van der Waals surface area contributed by atoms with Crippen LogP contribution in [0.15, 0.2) is 52.4 Å². The number of phenolic OH excluding ortho intramolecular Hbond substituents is 1. The highest BCUT2D eigenvalue weighted by molar-refractivity contribution is 8.18. The van der Waals surface area contributed by atoms with Gasteiger partial charge in [-0.15, -0.1) is 0 Å². The minimum Gasteiger partial charge on any atom is -0.502 e. The average Bonchev–Trinajstić information content (AvgIpc) is 3.00. The van der Waals surface area contributed by atoms with Gasteiger partial charge in [-0.1, -0.05) is 13.0 Å². The van der Waals surface area contributed by atoms with E-state index < -0.39 is 16.4 Å². The molecular formula is C21H21N3O5S. The number of nitrogens with zero attached hydrogens (tertiary/aromatic N) is 3. The van der Waals surface area contributed by atoms with Gasteiger partial charge in [0.2, 0.25) is 0 Å². The summed E-state index contributed by atoms with van der Waals surface area (Å²) in [5.74, 6) is 0.122. The van der Waals surface area contributed by atoms with Crippen LogP contribution in [-0.4, -0.2) is 39.2 Å². The van der Waals surface area contributed by atoms with E-state index in [9.17, 15) is 20.0 Å². The van der Waals surface area contributed by atoms with Crippen molar-refractivity contribution < 1.29 is 19.6 Å². The molecule has 0 spiro atoms. The van der Waals surface area contributed by atoms with Crippen molar-refractivity contribution in [2.24, 2.45) is 4.99 Å². The molecule has 30 heavy (non-hydrogen) atoms. The zero-order valence-corrected chi connectivity index (χ0v) is 17.4. The fourth-order valence-corrected chi connectivity index (χ4v) is 3.86. The molecule has 2 aromatic rings. The zero-order chi connectivity index (χ0) is 21.7. The predicted octanol–water partition coefficient (Wildman–Crippen LogP) is 4.71. The first-order valence-corrected chi connectivity index (χ1v) is 10.2. The quantitative estimate of drug-likeness (QED) is 0.390. The zero-order valence-electron chi connectivity index (χ0n) is 16.6. The van der Waals surface area contributed by atoms with Gasteiger partial charge < -0.3 is 9.84 Å². The first kappa shape index (κ1) is 21.4. The van der Waals surface area contributed by atoms with Gasteiger partial charge in [0.15, 0.2) is 10.9 Å². The second-order valence-corrected chi connectivity index (χ2v) is 7.40. The summed E-state index contributed by atoms with van der Waals surface area (Å²) in [7, 11) is 0. The van der Waals surface area contributed by atoms with Gasteiger partial charge in [-0.05, 0) is 67.1 Å². The molecule has 0 aromatic heterocycles.